The summed E-state index contributed by atoms with van der Waals surface area (Å²) in [4.78, 5) is 0. The van der Waals surface area contributed by atoms with E-state index in [-0.39, 0.29) is 10.8 Å². The Bertz CT molecular complexity index is 240. The van der Waals surface area contributed by atoms with Crippen LogP contribution in [-0.4, -0.2) is 21.9 Å². The first-order valence-corrected chi connectivity index (χ1v) is 7.43. The van der Waals surface area contributed by atoms with Gasteiger partial charge in [0.2, 0.25) is 0 Å². The molecule has 0 aromatic carbocycles. The van der Waals surface area contributed by atoms with Crippen molar-refractivity contribution in [2.45, 2.75) is 92.3 Å². The molecular weight excluding hydrogens is 224 g/mol. The van der Waals surface area contributed by atoms with Gasteiger partial charge in [-0.15, -0.1) is 0 Å². The van der Waals surface area contributed by atoms with Crippen LogP contribution in [0, 0.1) is 10.8 Å². The molecule has 0 aliphatic carbocycles. The fraction of sp³-hybridized carbons (Fsp3) is 1.00. The molecule has 2 N–H and O–H groups in total. The second kappa shape index (κ2) is 6.38. The summed E-state index contributed by atoms with van der Waals surface area (Å²) >= 11 is 0. The van der Waals surface area contributed by atoms with Crippen LogP contribution in [-0.2, 0) is 0 Å². The molecule has 110 valence electrons. The van der Waals surface area contributed by atoms with Crippen molar-refractivity contribution in [3.05, 3.63) is 0 Å². The highest BCUT2D eigenvalue weighted by Gasteiger charge is 2.51. The average molecular weight is 258 g/mol. The van der Waals surface area contributed by atoms with Crippen molar-refractivity contribution < 1.29 is 10.2 Å². The van der Waals surface area contributed by atoms with E-state index in [9.17, 15) is 10.2 Å². The predicted molar refractivity (Wildman–Crippen MR) is 78.6 cm³/mol. The molecule has 2 nitrogen and oxygen atoms in total. The average Bonchev–Trinajstić information content (AvgIpc) is 2.23. The van der Waals surface area contributed by atoms with Gasteiger partial charge >= 0.3 is 0 Å². The van der Waals surface area contributed by atoms with Crippen LogP contribution in [0.15, 0.2) is 0 Å². The molecule has 0 rings (SSSR count). The number of unbranched alkanes of at least 4 members (excludes halogenated alkanes) is 1. The zero-order chi connectivity index (χ0) is 14.6. The van der Waals surface area contributed by atoms with Crippen molar-refractivity contribution >= 4 is 0 Å². The van der Waals surface area contributed by atoms with Gasteiger partial charge in [-0.1, -0.05) is 67.7 Å². The summed E-state index contributed by atoms with van der Waals surface area (Å²) in [5.74, 6) is 0. The van der Waals surface area contributed by atoms with E-state index in [1.165, 1.54) is 0 Å². The smallest absolute Gasteiger partial charge is 0.0961 e. The fourth-order valence-electron chi connectivity index (χ4n) is 2.85. The van der Waals surface area contributed by atoms with Crippen LogP contribution in [0.1, 0.15) is 80.6 Å². The van der Waals surface area contributed by atoms with Gasteiger partial charge in [0.1, 0.15) is 0 Å². The number of rotatable bonds is 7. The molecular formula is C16H34O2. The van der Waals surface area contributed by atoms with Crippen molar-refractivity contribution in [2.75, 3.05) is 0 Å². The molecule has 0 radical (unpaired) electrons. The lowest BCUT2D eigenvalue weighted by molar-refractivity contribution is -0.187. The van der Waals surface area contributed by atoms with E-state index >= 15 is 0 Å². The zero-order valence-electron chi connectivity index (χ0n) is 13.5. The van der Waals surface area contributed by atoms with Gasteiger partial charge in [0, 0.05) is 0 Å². The summed E-state index contributed by atoms with van der Waals surface area (Å²) in [6, 6.07) is 0. The lowest BCUT2D eigenvalue weighted by atomic mass is 9.62. The minimum atomic E-state index is -1.00. The molecule has 0 aromatic heterocycles. The van der Waals surface area contributed by atoms with Gasteiger partial charge in [-0.2, -0.15) is 0 Å². The van der Waals surface area contributed by atoms with Crippen LogP contribution in [0.2, 0.25) is 0 Å². The largest absolute Gasteiger partial charge is 0.390 e. The van der Waals surface area contributed by atoms with Gasteiger partial charge in [0.15, 0.2) is 0 Å². The second-order valence-electron chi connectivity index (χ2n) is 7.43. The van der Waals surface area contributed by atoms with Crippen LogP contribution in [0.25, 0.3) is 0 Å². The topological polar surface area (TPSA) is 40.5 Å². The van der Waals surface area contributed by atoms with Gasteiger partial charge in [0.05, 0.1) is 11.7 Å². The predicted octanol–water partition coefficient (Wildman–Crippen LogP) is 4.14. The molecule has 0 aromatic rings. The Kier molecular flexibility index (Phi) is 6.35. The number of hydrogen-bond acceptors (Lipinski definition) is 2. The third-order valence-corrected chi connectivity index (χ3v) is 4.23. The highest BCUT2D eigenvalue weighted by atomic mass is 16.3. The molecule has 18 heavy (non-hydrogen) atoms. The van der Waals surface area contributed by atoms with Crippen LogP contribution in [0.5, 0.6) is 0 Å². The molecule has 0 amide bonds. The quantitative estimate of drug-likeness (QED) is 0.720. The molecule has 0 bridgehead atoms. The SMILES string of the molecule is CCCC[C@@](O)([C@@H](O)C(C)(C)C)C(C)(C)CCC. The first-order chi connectivity index (χ1) is 8.03. The monoisotopic (exact) mass is 258 g/mol. The first-order valence-electron chi connectivity index (χ1n) is 7.43. The maximum absolute atomic E-state index is 11.2. The van der Waals surface area contributed by atoms with Crippen LogP contribution in [0.4, 0.5) is 0 Å². The Labute approximate surface area is 114 Å². The van der Waals surface area contributed by atoms with Crippen molar-refractivity contribution in [2.24, 2.45) is 10.8 Å². The van der Waals surface area contributed by atoms with Gasteiger partial charge < -0.3 is 10.2 Å². The van der Waals surface area contributed by atoms with Crippen LogP contribution < -0.4 is 0 Å². The van der Waals surface area contributed by atoms with Crippen LogP contribution >= 0.6 is 0 Å². The van der Waals surface area contributed by atoms with E-state index in [0.717, 1.165) is 25.7 Å². The summed E-state index contributed by atoms with van der Waals surface area (Å²) in [7, 11) is 0. The Morgan fingerprint density at radius 2 is 1.39 bits per heavy atom. The van der Waals surface area contributed by atoms with E-state index in [0.29, 0.717) is 6.42 Å². The molecule has 0 aliphatic heterocycles. The van der Waals surface area contributed by atoms with E-state index in [1.807, 2.05) is 20.8 Å². The van der Waals surface area contributed by atoms with Crippen molar-refractivity contribution in [1.29, 1.82) is 0 Å². The van der Waals surface area contributed by atoms with Gasteiger partial charge in [-0.05, 0) is 23.7 Å². The number of hydrogen-bond donors (Lipinski definition) is 2. The van der Waals surface area contributed by atoms with Crippen molar-refractivity contribution in [3.63, 3.8) is 0 Å². The fourth-order valence-corrected chi connectivity index (χ4v) is 2.85. The molecule has 2 heteroatoms. The number of aliphatic hydroxyl groups is 2. The second-order valence-corrected chi connectivity index (χ2v) is 7.43. The highest BCUT2D eigenvalue weighted by Crippen LogP contribution is 2.45. The molecule has 0 fully saturated rings. The normalized spacial score (nSPS) is 18.5. The molecule has 0 unspecified atom stereocenters. The van der Waals surface area contributed by atoms with E-state index in [1.54, 1.807) is 0 Å². The summed E-state index contributed by atoms with van der Waals surface area (Å²) in [6.45, 7) is 14.4. The number of aliphatic hydroxyl groups excluding tert-OH is 1. The minimum absolute atomic E-state index is 0.260. The molecule has 0 spiro atoms. The maximum Gasteiger partial charge on any atom is 0.0961 e. The maximum atomic E-state index is 11.2. The standard InChI is InChI=1S/C16H34O2/c1-8-10-12-16(18,13(17)14(3,4)5)15(6,7)11-9-2/h13,17-18H,8-12H2,1-7H3/t13-,16+/m0/s1. The minimum Gasteiger partial charge on any atom is -0.390 e. The van der Waals surface area contributed by atoms with E-state index < -0.39 is 11.7 Å². The van der Waals surface area contributed by atoms with E-state index in [2.05, 4.69) is 27.7 Å². The Morgan fingerprint density at radius 3 is 1.72 bits per heavy atom. The molecule has 0 saturated heterocycles. The van der Waals surface area contributed by atoms with Gasteiger partial charge in [-0.3, -0.25) is 0 Å². The van der Waals surface area contributed by atoms with Crippen LogP contribution in [0.3, 0.4) is 0 Å². The van der Waals surface area contributed by atoms with Crippen molar-refractivity contribution in [1.82, 2.24) is 0 Å². The Hall–Kier alpha value is -0.0800. The lowest BCUT2D eigenvalue weighted by Crippen LogP contribution is -2.58. The lowest BCUT2D eigenvalue weighted by Gasteiger charge is -2.50. The van der Waals surface area contributed by atoms with Gasteiger partial charge in [-0.25, -0.2) is 0 Å². The zero-order valence-corrected chi connectivity index (χ0v) is 13.5. The molecule has 0 saturated carbocycles. The Morgan fingerprint density at radius 1 is 0.889 bits per heavy atom. The first kappa shape index (κ1) is 17.9. The summed E-state index contributed by atoms with van der Waals surface area (Å²) < 4.78 is 0. The Balaban J connectivity index is 5.29. The summed E-state index contributed by atoms with van der Waals surface area (Å²) in [5.41, 5.74) is -1.56. The summed E-state index contributed by atoms with van der Waals surface area (Å²) in [5, 5.41) is 21.8. The summed E-state index contributed by atoms with van der Waals surface area (Å²) in [6.07, 6.45) is 3.93. The molecule has 0 aliphatic rings. The third-order valence-electron chi connectivity index (χ3n) is 4.23. The third kappa shape index (κ3) is 3.96. The van der Waals surface area contributed by atoms with E-state index in [4.69, 9.17) is 0 Å². The van der Waals surface area contributed by atoms with Crippen molar-refractivity contribution in [3.8, 4) is 0 Å². The molecule has 0 heterocycles. The van der Waals surface area contributed by atoms with Gasteiger partial charge in [0.25, 0.3) is 0 Å². The molecule has 2 atom stereocenters. The highest BCUT2D eigenvalue weighted by molar-refractivity contribution is 5.02.